The molecule has 0 bridgehead atoms. The van der Waals surface area contributed by atoms with Crippen molar-refractivity contribution in [3.63, 3.8) is 0 Å². The standard InChI is InChI=1S/C12H24N2O2.C3H8.2H2/c1-7(2)11(13-8(3)4)12(16)14-9(5)10(6)15;1-3-2;;/h7-9,11,13H,1-6H3,(H,14,16);3H2,1-2H3;2*1H/t9-,11-;;;/m0.../s1. The van der Waals surface area contributed by atoms with E-state index in [1.165, 1.54) is 13.3 Å². The van der Waals surface area contributed by atoms with Crippen LogP contribution in [0, 0.1) is 5.92 Å². The third-order valence-electron chi connectivity index (χ3n) is 2.43. The van der Waals surface area contributed by atoms with E-state index in [-0.39, 0.29) is 32.5 Å². The van der Waals surface area contributed by atoms with Crippen LogP contribution < -0.4 is 10.6 Å². The molecule has 0 aromatic carbocycles. The Kier molecular flexibility index (Phi) is 11.8. The van der Waals surface area contributed by atoms with E-state index < -0.39 is 6.04 Å². The smallest absolute Gasteiger partial charge is 0.237 e. The Bertz CT molecular complexity index is 272. The summed E-state index contributed by atoms with van der Waals surface area (Å²) in [7, 11) is 0. The highest BCUT2D eigenvalue weighted by molar-refractivity contribution is 5.89. The molecule has 0 rings (SSSR count). The molecule has 1 amide bonds. The zero-order valence-electron chi connectivity index (χ0n) is 13.8. The predicted molar refractivity (Wildman–Crippen MR) is 85.4 cm³/mol. The summed E-state index contributed by atoms with van der Waals surface area (Å²) in [5.41, 5.74) is 0. The molecule has 0 heterocycles. The minimum Gasteiger partial charge on any atom is -0.345 e. The first-order chi connectivity index (χ1) is 8.67. The maximum atomic E-state index is 11.9. The summed E-state index contributed by atoms with van der Waals surface area (Å²) in [5.74, 6) is 0.0633. The van der Waals surface area contributed by atoms with Crippen LogP contribution in [0.15, 0.2) is 0 Å². The maximum Gasteiger partial charge on any atom is 0.237 e. The van der Waals surface area contributed by atoms with E-state index in [0.717, 1.165) is 0 Å². The van der Waals surface area contributed by atoms with Crippen LogP contribution in [-0.2, 0) is 9.59 Å². The van der Waals surface area contributed by atoms with Gasteiger partial charge < -0.3 is 10.6 Å². The van der Waals surface area contributed by atoms with Crippen molar-refractivity contribution in [2.24, 2.45) is 5.92 Å². The van der Waals surface area contributed by atoms with E-state index in [1.807, 2.05) is 27.7 Å². The van der Waals surface area contributed by atoms with Gasteiger partial charge in [0.2, 0.25) is 5.91 Å². The van der Waals surface area contributed by atoms with Crippen molar-refractivity contribution >= 4 is 11.7 Å². The molecule has 0 aliphatic rings. The van der Waals surface area contributed by atoms with Crippen molar-refractivity contribution < 1.29 is 12.4 Å². The molecule has 19 heavy (non-hydrogen) atoms. The Morgan fingerprint density at radius 2 is 1.47 bits per heavy atom. The number of hydrogen-bond acceptors (Lipinski definition) is 3. The zero-order chi connectivity index (χ0) is 15.6. The number of carbonyl (C=O) groups excluding carboxylic acids is 2. The van der Waals surface area contributed by atoms with Gasteiger partial charge in [-0.15, -0.1) is 0 Å². The third-order valence-corrected chi connectivity index (χ3v) is 2.43. The van der Waals surface area contributed by atoms with Crippen LogP contribution >= 0.6 is 0 Å². The Labute approximate surface area is 121 Å². The number of amides is 1. The minimum atomic E-state index is -0.414. The molecule has 0 unspecified atom stereocenters. The molecule has 2 atom stereocenters. The lowest BCUT2D eigenvalue weighted by Gasteiger charge is -2.25. The van der Waals surface area contributed by atoms with E-state index in [9.17, 15) is 9.59 Å². The van der Waals surface area contributed by atoms with Crippen LogP contribution in [-0.4, -0.2) is 29.8 Å². The van der Waals surface area contributed by atoms with Crippen LogP contribution in [0.4, 0.5) is 0 Å². The van der Waals surface area contributed by atoms with Crippen LogP contribution in [0.5, 0.6) is 0 Å². The van der Waals surface area contributed by atoms with E-state index >= 15 is 0 Å². The fraction of sp³-hybridized carbons (Fsp3) is 0.867. The van der Waals surface area contributed by atoms with Crippen molar-refractivity contribution in [3.05, 3.63) is 0 Å². The minimum absolute atomic E-state index is 0. The predicted octanol–water partition coefficient (Wildman–Crippen LogP) is 3.01. The Balaban J connectivity index is -0.000000264. The molecular weight excluding hydrogens is 240 g/mol. The third kappa shape index (κ3) is 10.7. The highest BCUT2D eigenvalue weighted by Gasteiger charge is 2.24. The lowest BCUT2D eigenvalue weighted by molar-refractivity contribution is -0.128. The molecule has 0 aliphatic carbocycles. The lowest BCUT2D eigenvalue weighted by Crippen LogP contribution is -2.52. The van der Waals surface area contributed by atoms with Gasteiger partial charge in [-0.2, -0.15) is 0 Å². The summed E-state index contributed by atoms with van der Waals surface area (Å²) >= 11 is 0. The van der Waals surface area contributed by atoms with Gasteiger partial charge >= 0.3 is 0 Å². The van der Waals surface area contributed by atoms with E-state index in [4.69, 9.17) is 0 Å². The molecule has 0 aromatic heterocycles. The summed E-state index contributed by atoms with van der Waals surface area (Å²) < 4.78 is 0. The Hall–Kier alpha value is -0.900. The average molecular weight is 276 g/mol. The van der Waals surface area contributed by atoms with Crippen molar-refractivity contribution in [2.75, 3.05) is 0 Å². The number of rotatable bonds is 6. The SMILES string of the molecule is CC(=O)[C@H](C)NC(=O)[C@@H](NC(C)C)C(C)C.CCC.[HH].[HH]. The molecule has 4 nitrogen and oxygen atoms in total. The molecule has 0 spiro atoms. The van der Waals surface area contributed by atoms with Gasteiger partial charge in [-0.3, -0.25) is 9.59 Å². The van der Waals surface area contributed by atoms with Crippen LogP contribution in [0.1, 0.15) is 64.7 Å². The fourth-order valence-corrected chi connectivity index (χ4v) is 1.33. The molecule has 0 aliphatic heterocycles. The Morgan fingerprint density at radius 3 is 1.74 bits per heavy atom. The number of nitrogens with one attached hydrogen (secondary N) is 2. The molecule has 118 valence electrons. The first-order valence-electron chi connectivity index (χ1n) is 7.24. The first-order valence-corrected chi connectivity index (χ1v) is 7.24. The van der Waals surface area contributed by atoms with E-state index in [0.29, 0.717) is 0 Å². The number of ketones is 1. The number of carbonyl (C=O) groups is 2. The zero-order valence-corrected chi connectivity index (χ0v) is 13.8. The molecule has 4 heteroatoms. The normalized spacial score (nSPS) is 13.6. The number of hydrogen-bond donors (Lipinski definition) is 2. The van der Waals surface area contributed by atoms with Gasteiger partial charge in [-0.05, 0) is 19.8 Å². The topological polar surface area (TPSA) is 58.2 Å². The lowest BCUT2D eigenvalue weighted by atomic mass is 10.0. The fourth-order valence-electron chi connectivity index (χ4n) is 1.33. The summed E-state index contributed by atoms with van der Waals surface area (Å²) in [6.07, 6.45) is 1.25. The second kappa shape index (κ2) is 11.0. The monoisotopic (exact) mass is 276 g/mol. The van der Waals surface area contributed by atoms with Crippen LogP contribution in [0.2, 0.25) is 0 Å². The van der Waals surface area contributed by atoms with Gasteiger partial charge in [0.05, 0.1) is 12.1 Å². The van der Waals surface area contributed by atoms with Crippen LogP contribution in [0.3, 0.4) is 0 Å². The van der Waals surface area contributed by atoms with Gasteiger partial charge in [-0.1, -0.05) is 48.0 Å². The maximum absolute atomic E-state index is 11.9. The molecule has 0 aromatic rings. The van der Waals surface area contributed by atoms with Crippen molar-refractivity contribution in [2.45, 2.75) is 79.9 Å². The summed E-state index contributed by atoms with van der Waals surface area (Å²) in [5, 5.41) is 5.92. The van der Waals surface area contributed by atoms with Gasteiger partial charge in [0.15, 0.2) is 5.78 Å². The van der Waals surface area contributed by atoms with Crippen molar-refractivity contribution in [1.82, 2.24) is 10.6 Å². The molecule has 0 fully saturated rings. The quantitative estimate of drug-likeness (QED) is 0.784. The molecule has 0 saturated heterocycles. The van der Waals surface area contributed by atoms with Crippen molar-refractivity contribution in [3.8, 4) is 0 Å². The van der Waals surface area contributed by atoms with Gasteiger partial charge in [0.1, 0.15) is 0 Å². The Morgan fingerprint density at radius 1 is 1.05 bits per heavy atom. The molecule has 0 radical (unpaired) electrons. The largest absolute Gasteiger partial charge is 0.345 e. The molecule has 0 saturated carbocycles. The first kappa shape index (κ1) is 20.4. The van der Waals surface area contributed by atoms with Crippen LogP contribution in [0.25, 0.3) is 0 Å². The van der Waals surface area contributed by atoms with Crippen molar-refractivity contribution in [1.29, 1.82) is 0 Å². The highest BCUT2D eigenvalue weighted by Crippen LogP contribution is 2.03. The second-order valence-electron chi connectivity index (χ2n) is 5.59. The summed E-state index contributed by atoms with van der Waals surface area (Å²) in [6.45, 7) is 15.4. The second-order valence-corrected chi connectivity index (χ2v) is 5.59. The summed E-state index contributed by atoms with van der Waals surface area (Å²) in [6, 6.07) is -0.421. The van der Waals surface area contributed by atoms with Gasteiger partial charge in [0.25, 0.3) is 0 Å². The van der Waals surface area contributed by atoms with E-state index in [1.54, 1.807) is 6.92 Å². The summed E-state index contributed by atoms with van der Waals surface area (Å²) in [4.78, 5) is 23.0. The highest BCUT2D eigenvalue weighted by atomic mass is 16.2. The van der Waals surface area contributed by atoms with E-state index in [2.05, 4.69) is 24.5 Å². The molecular formula is C15H36N2O2. The molecule has 2 N–H and O–H groups in total. The number of Topliss-reactive ketones (excluding diaryl/α,β-unsaturated/α-hetero) is 1. The average Bonchev–Trinajstić information content (AvgIpc) is 2.25. The van der Waals surface area contributed by atoms with Gasteiger partial charge in [-0.25, -0.2) is 0 Å². The van der Waals surface area contributed by atoms with Gasteiger partial charge in [0, 0.05) is 8.90 Å².